The molecule has 3 nitrogen and oxygen atoms in total. The molecule has 0 atom stereocenters. The minimum Gasteiger partial charge on any atom is -0.492 e. The summed E-state index contributed by atoms with van der Waals surface area (Å²) >= 11 is 9.44. The first kappa shape index (κ1) is 14.7. The summed E-state index contributed by atoms with van der Waals surface area (Å²) in [5.41, 5.74) is 1.31. The van der Waals surface area contributed by atoms with E-state index in [1.54, 1.807) is 18.2 Å². The number of hydrogen-bond donors (Lipinski definition) is 1. The summed E-state index contributed by atoms with van der Waals surface area (Å²) in [5.74, 6) is 0.804. The van der Waals surface area contributed by atoms with E-state index >= 15 is 0 Å². The van der Waals surface area contributed by atoms with Crippen LogP contribution in [0.25, 0.3) is 0 Å². The average Bonchev–Trinajstić information content (AvgIpc) is 2.45. The Morgan fingerprint density at radius 1 is 1.25 bits per heavy atom. The average molecular weight is 352 g/mol. The molecule has 0 aliphatic carbocycles. The molecule has 2 aromatic rings. The van der Waals surface area contributed by atoms with Crippen molar-refractivity contribution in [3.8, 4) is 11.8 Å². The zero-order chi connectivity index (χ0) is 14.4. The van der Waals surface area contributed by atoms with Crippen LogP contribution in [-0.2, 0) is 0 Å². The maximum absolute atomic E-state index is 8.85. The summed E-state index contributed by atoms with van der Waals surface area (Å²) in [7, 11) is 0. The van der Waals surface area contributed by atoms with Crippen LogP contribution < -0.4 is 10.1 Å². The van der Waals surface area contributed by atoms with Crippen LogP contribution >= 0.6 is 27.5 Å². The molecule has 0 spiro atoms. The molecule has 0 aliphatic rings. The summed E-state index contributed by atoms with van der Waals surface area (Å²) in [4.78, 5) is 0. The summed E-state index contributed by atoms with van der Waals surface area (Å²) in [6.07, 6.45) is 0. The molecule has 0 bridgehead atoms. The van der Waals surface area contributed by atoms with E-state index in [0.29, 0.717) is 23.7 Å². The van der Waals surface area contributed by atoms with E-state index in [-0.39, 0.29) is 0 Å². The van der Waals surface area contributed by atoms with Gasteiger partial charge in [0.15, 0.2) is 0 Å². The van der Waals surface area contributed by atoms with Crippen LogP contribution in [0.4, 0.5) is 5.69 Å². The fraction of sp³-hybridized carbons (Fsp3) is 0.133. The van der Waals surface area contributed by atoms with Gasteiger partial charge in [0.2, 0.25) is 0 Å². The second kappa shape index (κ2) is 7.18. The summed E-state index contributed by atoms with van der Waals surface area (Å²) < 4.78 is 6.58. The molecule has 0 saturated heterocycles. The molecular formula is C15H12BrClN2O. The Labute approximate surface area is 131 Å². The van der Waals surface area contributed by atoms with Gasteiger partial charge in [-0.2, -0.15) is 5.26 Å². The first-order valence-electron chi connectivity index (χ1n) is 6.01. The Hall–Kier alpha value is -1.70. The van der Waals surface area contributed by atoms with Crippen molar-refractivity contribution in [3.63, 3.8) is 0 Å². The smallest absolute Gasteiger partial charge is 0.120 e. The molecule has 0 fully saturated rings. The van der Waals surface area contributed by atoms with Crippen LogP contribution in [0.2, 0.25) is 5.02 Å². The monoisotopic (exact) mass is 350 g/mol. The molecule has 0 amide bonds. The molecule has 0 saturated carbocycles. The Morgan fingerprint density at radius 3 is 2.85 bits per heavy atom. The molecule has 102 valence electrons. The number of benzene rings is 2. The topological polar surface area (TPSA) is 45.0 Å². The molecular weight excluding hydrogens is 340 g/mol. The zero-order valence-electron chi connectivity index (χ0n) is 10.6. The summed E-state index contributed by atoms with van der Waals surface area (Å²) in [5, 5.41) is 12.6. The van der Waals surface area contributed by atoms with Gasteiger partial charge in [0.05, 0.1) is 22.3 Å². The molecule has 2 rings (SSSR count). The van der Waals surface area contributed by atoms with Crippen LogP contribution in [0.5, 0.6) is 5.75 Å². The SMILES string of the molecule is N#Cc1ccc(Cl)c(NCCOc2cccc(Br)c2)c1. The minimum absolute atomic E-state index is 0.504. The summed E-state index contributed by atoms with van der Waals surface area (Å²) in [6.45, 7) is 1.10. The Morgan fingerprint density at radius 2 is 2.10 bits per heavy atom. The number of anilines is 1. The Balaban J connectivity index is 1.86. The van der Waals surface area contributed by atoms with Crippen molar-refractivity contribution in [2.24, 2.45) is 0 Å². The highest BCUT2D eigenvalue weighted by molar-refractivity contribution is 9.10. The number of hydrogen-bond acceptors (Lipinski definition) is 3. The molecule has 0 unspecified atom stereocenters. The number of ether oxygens (including phenoxy) is 1. The second-order valence-corrected chi connectivity index (χ2v) is 5.36. The number of nitrogens with zero attached hydrogens (tertiary/aromatic N) is 1. The van der Waals surface area contributed by atoms with Crippen LogP contribution in [-0.4, -0.2) is 13.2 Å². The van der Waals surface area contributed by atoms with Gasteiger partial charge in [0, 0.05) is 11.0 Å². The Bertz CT molecular complexity index is 640. The van der Waals surface area contributed by atoms with Gasteiger partial charge < -0.3 is 10.1 Å². The predicted octanol–water partition coefficient (Wildman–Crippen LogP) is 4.47. The van der Waals surface area contributed by atoms with Crippen molar-refractivity contribution >= 4 is 33.2 Å². The fourth-order valence-electron chi connectivity index (χ4n) is 1.64. The first-order chi connectivity index (χ1) is 9.69. The molecule has 0 heterocycles. The zero-order valence-corrected chi connectivity index (χ0v) is 12.9. The van der Waals surface area contributed by atoms with Gasteiger partial charge in [0.25, 0.3) is 0 Å². The fourth-order valence-corrected chi connectivity index (χ4v) is 2.20. The minimum atomic E-state index is 0.504. The van der Waals surface area contributed by atoms with E-state index in [0.717, 1.165) is 15.9 Å². The largest absolute Gasteiger partial charge is 0.492 e. The molecule has 5 heteroatoms. The van der Waals surface area contributed by atoms with Gasteiger partial charge in [-0.3, -0.25) is 0 Å². The van der Waals surface area contributed by atoms with E-state index in [4.69, 9.17) is 21.6 Å². The van der Waals surface area contributed by atoms with Crippen molar-refractivity contribution in [1.82, 2.24) is 0 Å². The first-order valence-corrected chi connectivity index (χ1v) is 7.18. The molecule has 0 radical (unpaired) electrons. The third kappa shape index (κ3) is 4.16. The highest BCUT2D eigenvalue weighted by Gasteiger charge is 2.01. The molecule has 1 N–H and O–H groups in total. The van der Waals surface area contributed by atoms with Crippen molar-refractivity contribution in [1.29, 1.82) is 5.26 Å². The van der Waals surface area contributed by atoms with E-state index in [9.17, 15) is 0 Å². The van der Waals surface area contributed by atoms with E-state index in [1.807, 2.05) is 24.3 Å². The van der Waals surface area contributed by atoms with Gasteiger partial charge >= 0.3 is 0 Å². The van der Waals surface area contributed by atoms with Crippen LogP contribution in [0.1, 0.15) is 5.56 Å². The quantitative estimate of drug-likeness (QED) is 0.809. The molecule has 0 aromatic heterocycles. The van der Waals surface area contributed by atoms with Crippen molar-refractivity contribution in [2.75, 3.05) is 18.5 Å². The number of rotatable bonds is 5. The lowest BCUT2D eigenvalue weighted by molar-refractivity contribution is 0.332. The second-order valence-electron chi connectivity index (χ2n) is 4.04. The van der Waals surface area contributed by atoms with Crippen LogP contribution in [0.15, 0.2) is 46.9 Å². The lowest BCUT2D eigenvalue weighted by atomic mass is 10.2. The van der Waals surface area contributed by atoms with E-state index < -0.39 is 0 Å². The highest BCUT2D eigenvalue weighted by atomic mass is 79.9. The van der Waals surface area contributed by atoms with Gasteiger partial charge in [-0.05, 0) is 36.4 Å². The van der Waals surface area contributed by atoms with Crippen molar-refractivity contribution in [2.45, 2.75) is 0 Å². The molecule has 20 heavy (non-hydrogen) atoms. The van der Waals surface area contributed by atoms with Crippen LogP contribution in [0, 0.1) is 11.3 Å². The van der Waals surface area contributed by atoms with Crippen molar-refractivity contribution in [3.05, 3.63) is 57.5 Å². The van der Waals surface area contributed by atoms with E-state index in [2.05, 4.69) is 27.3 Å². The summed E-state index contributed by atoms with van der Waals surface area (Å²) in [6, 6.07) is 14.9. The molecule has 2 aromatic carbocycles. The number of nitriles is 1. The lowest BCUT2D eigenvalue weighted by Gasteiger charge is -2.10. The van der Waals surface area contributed by atoms with Crippen molar-refractivity contribution < 1.29 is 4.74 Å². The standard InChI is InChI=1S/C15H12BrClN2O/c16-12-2-1-3-13(9-12)20-7-6-19-15-8-11(10-18)4-5-14(15)17/h1-5,8-9,19H,6-7H2. The van der Waals surface area contributed by atoms with E-state index in [1.165, 1.54) is 0 Å². The molecule has 0 aliphatic heterocycles. The number of halogens is 2. The van der Waals surface area contributed by atoms with Gasteiger partial charge in [-0.25, -0.2) is 0 Å². The van der Waals surface area contributed by atoms with Gasteiger partial charge in [0.1, 0.15) is 12.4 Å². The van der Waals surface area contributed by atoms with Gasteiger partial charge in [-0.1, -0.05) is 33.6 Å². The maximum atomic E-state index is 8.85. The number of nitrogens with one attached hydrogen (secondary N) is 1. The van der Waals surface area contributed by atoms with Crippen LogP contribution in [0.3, 0.4) is 0 Å². The normalized spacial score (nSPS) is 9.85. The third-order valence-corrected chi connectivity index (χ3v) is 3.40. The highest BCUT2D eigenvalue weighted by Crippen LogP contribution is 2.22. The third-order valence-electron chi connectivity index (χ3n) is 2.58. The van der Waals surface area contributed by atoms with Gasteiger partial charge in [-0.15, -0.1) is 0 Å². The predicted molar refractivity (Wildman–Crippen MR) is 84.3 cm³/mol. The Kier molecular flexibility index (Phi) is 5.28. The lowest BCUT2D eigenvalue weighted by Crippen LogP contribution is -2.11. The maximum Gasteiger partial charge on any atom is 0.120 e.